The lowest BCUT2D eigenvalue weighted by atomic mass is 10.2. The lowest BCUT2D eigenvalue weighted by molar-refractivity contribution is -0.0477. The predicted molar refractivity (Wildman–Crippen MR) is 48.5 cm³/mol. The molecule has 0 N–H and O–H groups in total. The van der Waals surface area contributed by atoms with Crippen LogP contribution in [0.25, 0.3) is 0 Å². The van der Waals surface area contributed by atoms with Gasteiger partial charge in [0, 0.05) is 22.8 Å². The van der Waals surface area contributed by atoms with Crippen LogP contribution in [0.5, 0.6) is 0 Å². The third kappa shape index (κ3) is 4.18. The van der Waals surface area contributed by atoms with Crippen molar-refractivity contribution in [2.24, 2.45) is 0 Å². The maximum Gasteiger partial charge on any atom is 0.157 e. The second kappa shape index (κ2) is 5.67. The summed E-state index contributed by atoms with van der Waals surface area (Å²) in [5.41, 5.74) is 0. The largest absolute Gasteiger partial charge is 0.350 e. The number of ether oxygens (including phenoxy) is 2. The normalized spacial score (nSPS) is 21.4. The summed E-state index contributed by atoms with van der Waals surface area (Å²) in [6.45, 7) is 1.45. The van der Waals surface area contributed by atoms with E-state index in [1.165, 1.54) is 0 Å². The summed E-state index contributed by atoms with van der Waals surface area (Å²) in [5, 5.41) is 0. The van der Waals surface area contributed by atoms with Gasteiger partial charge in [-0.05, 0) is 19.3 Å². The Morgan fingerprint density at radius 1 is 1.33 bits per heavy atom. The smallest absolute Gasteiger partial charge is 0.157 e. The van der Waals surface area contributed by atoms with Crippen LogP contribution < -0.4 is 0 Å². The van der Waals surface area contributed by atoms with E-state index in [0.717, 1.165) is 38.2 Å². The molecule has 1 fully saturated rings. The fraction of sp³-hybridized carbons (Fsp3) is 1.00. The number of hydrogen-bond acceptors (Lipinski definition) is 3. The third-order valence-corrected chi connectivity index (χ3v) is 2.68. The molecule has 0 aromatic rings. The highest BCUT2D eigenvalue weighted by atomic mass is 32.2. The second-order valence-corrected chi connectivity index (χ2v) is 4.50. The lowest BCUT2D eigenvalue weighted by Gasteiger charge is -2.07. The topological polar surface area (TPSA) is 35.5 Å². The van der Waals surface area contributed by atoms with Crippen molar-refractivity contribution in [1.82, 2.24) is 0 Å². The molecule has 0 amide bonds. The Morgan fingerprint density at radius 3 is 2.58 bits per heavy atom. The van der Waals surface area contributed by atoms with Gasteiger partial charge in [0.2, 0.25) is 0 Å². The van der Waals surface area contributed by atoms with Crippen molar-refractivity contribution in [3.05, 3.63) is 0 Å². The third-order valence-electron chi connectivity index (χ3n) is 1.81. The lowest BCUT2D eigenvalue weighted by Crippen LogP contribution is -2.07. The maximum absolute atomic E-state index is 10.7. The highest BCUT2D eigenvalue weighted by Gasteiger charge is 2.14. The summed E-state index contributed by atoms with van der Waals surface area (Å²) in [5.74, 6) is 0.798. The van der Waals surface area contributed by atoms with Crippen LogP contribution in [0.4, 0.5) is 0 Å². The van der Waals surface area contributed by atoms with Gasteiger partial charge in [-0.15, -0.1) is 0 Å². The number of unbranched alkanes of at least 4 members (excludes halogenated alkanes) is 1. The van der Waals surface area contributed by atoms with Crippen molar-refractivity contribution in [2.75, 3.05) is 25.2 Å². The molecular weight excluding hydrogens is 176 g/mol. The summed E-state index contributed by atoms with van der Waals surface area (Å²) < 4.78 is 21.2. The van der Waals surface area contributed by atoms with Gasteiger partial charge in [-0.2, -0.15) is 0 Å². The van der Waals surface area contributed by atoms with Gasteiger partial charge in [-0.3, -0.25) is 4.21 Å². The number of hydrogen-bond donors (Lipinski definition) is 0. The van der Waals surface area contributed by atoms with Crippen molar-refractivity contribution < 1.29 is 13.7 Å². The van der Waals surface area contributed by atoms with Crippen molar-refractivity contribution in [3.8, 4) is 0 Å². The average Bonchev–Trinajstić information content (AvgIpc) is 2.49. The zero-order valence-corrected chi connectivity index (χ0v) is 8.27. The first-order valence-corrected chi connectivity index (χ1v) is 6.05. The van der Waals surface area contributed by atoms with E-state index in [1.807, 2.05) is 0 Å². The van der Waals surface area contributed by atoms with Crippen molar-refractivity contribution >= 4 is 10.8 Å². The van der Waals surface area contributed by atoms with Gasteiger partial charge in [0.1, 0.15) is 0 Å². The van der Waals surface area contributed by atoms with Crippen LogP contribution in [0, 0.1) is 0 Å². The summed E-state index contributed by atoms with van der Waals surface area (Å²) in [6.07, 6.45) is 4.74. The molecule has 1 aliphatic rings. The molecule has 0 aromatic heterocycles. The number of rotatable bonds is 5. The quantitative estimate of drug-likeness (QED) is 0.607. The van der Waals surface area contributed by atoms with Gasteiger partial charge >= 0.3 is 0 Å². The fourth-order valence-electron chi connectivity index (χ4n) is 1.19. The van der Waals surface area contributed by atoms with Crippen molar-refractivity contribution in [2.45, 2.75) is 25.6 Å². The first-order valence-electron chi connectivity index (χ1n) is 4.32. The second-order valence-electron chi connectivity index (χ2n) is 2.94. The van der Waals surface area contributed by atoms with E-state index >= 15 is 0 Å². The SMILES string of the molecule is C[S@@](=O)CCCCC1OCCO1. The fourth-order valence-corrected chi connectivity index (χ4v) is 1.80. The van der Waals surface area contributed by atoms with Crippen LogP contribution in [-0.4, -0.2) is 35.7 Å². The first kappa shape index (κ1) is 10.2. The minimum absolute atomic E-state index is 0.00953. The molecule has 0 saturated carbocycles. The molecule has 3 nitrogen and oxygen atoms in total. The van der Waals surface area contributed by atoms with E-state index in [9.17, 15) is 4.21 Å². The maximum atomic E-state index is 10.7. The summed E-state index contributed by atoms with van der Waals surface area (Å²) in [7, 11) is -0.650. The van der Waals surface area contributed by atoms with Gasteiger partial charge in [-0.1, -0.05) is 0 Å². The Labute approximate surface area is 75.9 Å². The van der Waals surface area contributed by atoms with Crippen LogP contribution in [0.1, 0.15) is 19.3 Å². The Morgan fingerprint density at radius 2 is 2.00 bits per heavy atom. The van der Waals surface area contributed by atoms with E-state index in [2.05, 4.69) is 0 Å². The van der Waals surface area contributed by atoms with E-state index in [0.29, 0.717) is 0 Å². The molecule has 4 heteroatoms. The molecule has 1 aliphatic heterocycles. The summed E-state index contributed by atoms with van der Waals surface area (Å²) >= 11 is 0. The van der Waals surface area contributed by atoms with Crippen LogP contribution in [0.15, 0.2) is 0 Å². The molecule has 1 heterocycles. The molecule has 0 aromatic carbocycles. The molecule has 1 atom stereocenters. The van der Waals surface area contributed by atoms with E-state index < -0.39 is 10.8 Å². The summed E-state index contributed by atoms with van der Waals surface area (Å²) in [4.78, 5) is 0. The molecular formula is C8H16O3S. The van der Waals surface area contributed by atoms with Crippen molar-refractivity contribution in [1.29, 1.82) is 0 Å². The minimum Gasteiger partial charge on any atom is -0.350 e. The zero-order valence-electron chi connectivity index (χ0n) is 7.45. The molecule has 0 bridgehead atoms. The molecule has 0 aliphatic carbocycles. The van der Waals surface area contributed by atoms with E-state index in [1.54, 1.807) is 6.26 Å². The van der Waals surface area contributed by atoms with Gasteiger partial charge in [0.25, 0.3) is 0 Å². The molecule has 0 radical (unpaired) electrons. The highest BCUT2D eigenvalue weighted by molar-refractivity contribution is 7.84. The Balaban J connectivity index is 1.91. The molecule has 1 rings (SSSR count). The molecule has 12 heavy (non-hydrogen) atoms. The van der Waals surface area contributed by atoms with Gasteiger partial charge < -0.3 is 9.47 Å². The molecule has 0 spiro atoms. The minimum atomic E-state index is -0.650. The summed E-state index contributed by atoms with van der Waals surface area (Å²) in [6, 6.07) is 0. The Bertz CT molecular complexity index is 143. The zero-order chi connectivity index (χ0) is 8.81. The van der Waals surface area contributed by atoms with Crippen LogP contribution >= 0.6 is 0 Å². The first-order chi connectivity index (χ1) is 5.79. The molecule has 1 saturated heterocycles. The molecule has 72 valence electrons. The monoisotopic (exact) mass is 192 g/mol. The van der Waals surface area contributed by atoms with E-state index in [-0.39, 0.29) is 6.29 Å². The van der Waals surface area contributed by atoms with Gasteiger partial charge in [-0.25, -0.2) is 0 Å². The Hall–Kier alpha value is 0.0700. The van der Waals surface area contributed by atoms with Crippen LogP contribution in [-0.2, 0) is 20.3 Å². The highest BCUT2D eigenvalue weighted by Crippen LogP contribution is 2.11. The van der Waals surface area contributed by atoms with Crippen LogP contribution in [0.3, 0.4) is 0 Å². The average molecular weight is 192 g/mol. The standard InChI is InChI=1S/C8H16O3S/c1-12(9)7-3-2-4-8-10-5-6-11-8/h8H,2-7H2,1H3/t12-/m1/s1. The van der Waals surface area contributed by atoms with Gasteiger partial charge in [0.15, 0.2) is 6.29 Å². The van der Waals surface area contributed by atoms with Gasteiger partial charge in [0.05, 0.1) is 13.2 Å². The molecule has 0 unspecified atom stereocenters. The Kier molecular flexibility index (Phi) is 4.80. The van der Waals surface area contributed by atoms with Crippen LogP contribution in [0.2, 0.25) is 0 Å². The van der Waals surface area contributed by atoms with Crippen molar-refractivity contribution in [3.63, 3.8) is 0 Å². The van der Waals surface area contributed by atoms with E-state index in [4.69, 9.17) is 9.47 Å². The predicted octanol–water partition coefficient (Wildman–Crippen LogP) is 0.908.